The van der Waals surface area contributed by atoms with E-state index in [-0.39, 0.29) is 11.7 Å². The van der Waals surface area contributed by atoms with E-state index in [4.69, 9.17) is 5.11 Å². The van der Waals surface area contributed by atoms with Crippen molar-refractivity contribution in [3.8, 4) is 0 Å². The number of hydrogen-bond acceptors (Lipinski definition) is 4. The third-order valence-electron chi connectivity index (χ3n) is 2.19. The van der Waals surface area contributed by atoms with Gasteiger partial charge in [-0.2, -0.15) is 11.8 Å². The van der Waals surface area contributed by atoms with Crippen LogP contribution in [0.3, 0.4) is 0 Å². The standard InChI is InChI=1S/C11H15N3O3S/c1-7(18-2)5-13-11(17)14-8-3-4-9(10(15)16)12-6-8/h3-4,6-7H,5H2,1-2H3,(H,15,16)(H2,13,14,17). The quantitative estimate of drug-likeness (QED) is 0.756. The van der Waals surface area contributed by atoms with E-state index >= 15 is 0 Å². The number of rotatable bonds is 5. The van der Waals surface area contributed by atoms with Crippen LogP contribution < -0.4 is 10.6 Å². The SMILES string of the molecule is CSC(C)CNC(=O)Nc1ccc(C(=O)O)nc1. The van der Waals surface area contributed by atoms with Gasteiger partial charge in [0.2, 0.25) is 0 Å². The van der Waals surface area contributed by atoms with E-state index in [1.165, 1.54) is 18.3 Å². The summed E-state index contributed by atoms with van der Waals surface area (Å²) in [7, 11) is 0. The van der Waals surface area contributed by atoms with Crippen molar-refractivity contribution < 1.29 is 14.7 Å². The first-order valence-corrected chi connectivity index (χ1v) is 6.58. The van der Waals surface area contributed by atoms with Crippen LogP contribution in [-0.4, -0.2) is 40.1 Å². The molecule has 0 spiro atoms. The molecule has 6 nitrogen and oxygen atoms in total. The van der Waals surface area contributed by atoms with Gasteiger partial charge >= 0.3 is 12.0 Å². The molecule has 2 amide bonds. The van der Waals surface area contributed by atoms with E-state index in [9.17, 15) is 9.59 Å². The van der Waals surface area contributed by atoms with E-state index in [2.05, 4.69) is 15.6 Å². The number of thioether (sulfide) groups is 1. The maximum atomic E-state index is 11.5. The molecule has 0 aliphatic rings. The van der Waals surface area contributed by atoms with Crippen molar-refractivity contribution in [2.24, 2.45) is 0 Å². The summed E-state index contributed by atoms with van der Waals surface area (Å²) in [4.78, 5) is 25.8. The number of aromatic nitrogens is 1. The lowest BCUT2D eigenvalue weighted by Gasteiger charge is -2.10. The van der Waals surface area contributed by atoms with Gasteiger partial charge in [-0.25, -0.2) is 14.6 Å². The van der Waals surface area contributed by atoms with Crippen LogP contribution in [0.25, 0.3) is 0 Å². The average Bonchev–Trinajstić information content (AvgIpc) is 2.36. The highest BCUT2D eigenvalue weighted by Crippen LogP contribution is 2.06. The van der Waals surface area contributed by atoms with E-state index in [0.29, 0.717) is 17.5 Å². The summed E-state index contributed by atoms with van der Waals surface area (Å²) in [5, 5.41) is 14.3. The summed E-state index contributed by atoms with van der Waals surface area (Å²) in [6.45, 7) is 2.57. The summed E-state index contributed by atoms with van der Waals surface area (Å²) >= 11 is 1.66. The molecule has 1 aromatic rings. The molecule has 1 atom stereocenters. The number of pyridine rings is 1. The first-order valence-electron chi connectivity index (χ1n) is 5.30. The smallest absolute Gasteiger partial charge is 0.354 e. The maximum Gasteiger partial charge on any atom is 0.354 e. The third kappa shape index (κ3) is 4.62. The van der Waals surface area contributed by atoms with Crippen molar-refractivity contribution in [3.05, 3.63) is 24.0 Å². The van der Waals surface area contributed by atoms with Crippen molar-refractivity contribution in [2.75, 3.05) is 18.1 Å². The van der Waals surface area contributed by atoms with Crippen LogP contribution in [0.5, 0.6) is 0 Å². The largest absolute Gasteiger partial charge is 0.477 e. The summed E-state index contributed by atoms with van der Waals surface area (Å²) < 4.78 is 0. The highest BCUT2D eigenvalue weighted by atomic mass is 32.2. The van der Waals surface area contributed by atoms with Crippen LogP contribution >= 0.6 is 11.8 Å². The molecule has 1 aromatic heterocycles. The molecular weight excluding hydrogens is 254 g/mol. The Morgan fingerprint density at radius 1 is 1.50 bits per heavy atom. The normalized spacial score (nSPS) is 11.7. The topological polar surface area (TPSA) is 91.3 Å². The van der Waals surface area contributed by atoms with Gasteiger partial charge in [0.1, 0.15) is 5.69 Å². The average molecular weight is 269 g/mol. The maximum absolute atomic E-state index is 11.5. The molecule has 0 aliphatic carbocycles. The van der Waals surface area contributed by atoms with Crippen molar-refractivity contribution >= 4 is 29.4 Å². The first-order chi connectivity index (χ1) is 8.52. The fourth-order valence-corrected chi connectivity index (χ4v) is 1.34. The van der Waals surface area contributed by atoms with Gasteiger partial charge in [0.15, 0.2) is 0 Å². The van der Waals surface area contributed by atoms with Crippen LogP contribution in [0.1, 0.15) is 17.4 Å². The van der Waals surface area contributed by atoms with Gasteiger partial charge in [0.25, 0.3) is 0 Å². The Morgan fingerprint density at radius 3 is 2.72 bits per heavy atom. The molecule has 0 saturated carbocycles. The molecule has 0 aliphatic heterocycles. The second kappa shape index (κ2) is 6.85. The van der Waals surface area contributed by atoms with E-state index in [1.807, 2.05) is 13.2 Å². The summed E-state index contributed by atoms with van der Waals surface area (Å²) in [5.41, 5.74) is 0.395. The monoisotopic (exact) mass is 269 g/mol. The van der Waals surface area contributed by atoms with Gasteiger partial charge < -0.3 is 15.7 Å². The van der Waals surface area contributed by atoms with Crippen molar-refractivity contribution in [3.63, 3.8) is 0 Å². The molecule has 1 unspecified atom stereocenters. The lowest BCUT2D eigenvalue weighted by molar-refractivity contribution is 0.0690. The Morgan fingerprint density at radius 2 is 2.22 bits per heavy atom. The number of carboxylic acid groups (broad SMARTS) is 1. The zero-order chi connectivity index (χ0) is 13.5. The Balaban J connectivity index is 2.47. The fraction of sp³-hybridized carbons (Fsp3) is 0.364. The third-order valence-corrected chi connectivity index (χ3v) is 3.16. The van der Waals surface area contributed by atoms with Gasteiger partial charge in [0.05, 0.1) is 11.9 Å². The van der Waals surface area contributed by atoms with Crippen LogP contribution in [0.15, 0.2) is 18.3 Å². The fourth-order valence-electron chi connectivity index (χ4n) is 1.09. The summed E-state index contributed by atoms with van der Waals surface area (Å²) in [6, 6.07) is 2.50. The summed E-state index contributed by atoms with van der Waals surface area (Å²) in [6.07, 6.45) is 3.28. The number of carbonyl (C=O) groups is 2. The molecule has 0 saturated heterocycles. The molecule has 1 heterocycles. The van der Waals surface area contributed by atoms with Gasteiger partial charge in [-0.05, 0) is 18.4 Å². The van der Waals surface area contributed by atoms with Crippen molar-refractivity contribution in [1.82, 2.24) is 10.3 Å². The Hall–Kier alpha value is -1.76. The minimum Gasteiger partial charge on any atom is -0.477 e. The van der Waals surface area contributed by atoms with Crippen LogP contribution in [0, 0.1) is 0 Å². The van der Waals surface area contributed by atoms with Gasteiger partial charge in [-0.15, -0.1) is 0 Å². The lowest BCUT2D eigenvalue weighted by atomic mass is 10.3. The number of nitrogens with zero attached hydrogens (tertiary/aromatic N) is 1. The molecule has 3 N–H and O–H groups in total. The highest BCUT2D eigenvalue weighted by molar-refractivity contribution is 7.99. The van der Waals surface area contributed by atoms with Crippen molar-refractivity contribution in [2.45, 2.75) is 12.2 Å². The molecule has 1 rings (SSSR count). The Kier molecular flexibility index (Phi) is 5.44. The van der Waals surface area contributed by atoms with Gasteiger partial charge in [-0.1, -0.05) is 6.92 Å². The van der Waals surface area contributed by atoms with Gasteiger partial charge in [-0.3, -0.25) is 0 Å². The number of nitrogens with one attached hydrogen (secondary N) is 2. The van der Waals surface area contributed by atoms with E-state index in [0.717, 1.165) is 0 Å². The Bertz CT molecular complexity index is 422. The van der Waals surface area contributed by atoms with Crippen molar-refractivity contribution in [1.29, 1.82) is 0 Å². The number of anilines is 1. The second-order valence-electron chi connectivity index (χ2n) is 3.62. The highest BCUT2D eigenvalue weighted by Gasteiger charge is 2.06. The zero-order valence-corrected chi connectivity index (χ0v) is 11.0. The van der Waals surface area contributed by atoms with Crippen LogP contribution in [-0.2, 0) is 0 Å². The van der Waals surface area contributed by atoms with Gasteiger partial charge in [0, 0.05) is 11.8 Å². The first kappa shape index (κ1) is 14.3. The predicted octanol–water partition coefficient (Wildman–Crippen LogP) is 1.65. The van der Waals surface area contributed by atoms with E-state index < -0.39 is 5.97 Å². The number of amides is 2. The zero-order valence-electron chi connectivity index (χ0n) is 10.1. The lowest BCUT2D eigenvalue weighted by Crippen LogP contribution is -2.33. The number of urea groups is 1. The van der Waals surface area contributed by atoms with E-state index in [1.54, 1.807) is 11.8 Å². The Labute approximate surface area is 109 Å². The molecule has 7 heteroatoms. The number of carbonyl (C=O) groups excluding carboxylic acids is 1. The molecule has 0 radical (unpaired) electrons. The molecule has 98 valence electrons. The number of hydrogen-bond donors (Lipinski definition) is 3. The van der Waals surface area contributed by atoms with Crippen LogP contribution in [0.2, 0.25) is 0 Å². The summed E-state index contributed by atoms with van der Waals surface area (Å²) in [5.74, 6) is -1.10. The number of aromatic carboxylic acids is 1. The second-order valence-corrected chi connectivity index (χ2v) is 4.89. The molecule has 0 bridgehead atoms. The molecule has 18 heavy (non-hydrogen) atoms. The molecule has 0 fully saturated rings. The van der Waals surface area contributed by atoms with Crippen LogP contribution in [0.4, 0.5) is 10.5 Å². The minimum atomic E-state index is -1.10. The molecule has 0 aromatic carbocycles. The number of carboxylic acids is 1. The predicted molar refractivity (Wildman–Crippen MR) is 71.2 cm³/mol. The minimum absolute atomic E-state index is 0.0584. The molecular formula is C11H15N3O3S.